The van der Waals surface area contributed by atoms with Gasteiger partial charge >= 0.3 is 0 Å². The lowest BCUT2D eigenvalue weighted by Gasteiger charge is -2.09. The smallest absolute Gasteiger partial charge is 0.241 e. The number of ether oxygens (including phenoxy) is 2. The van der Waals surface area contributed by atoms with E-state index >= 15 is 0 Å². The third kappa shape index (κ3) is 3.07. The van der Waals surface area contributed by atoms with Crippen LogP contribution in [0.3, 0.4) is 0 Å². The summed E-state index contributed by atoms with van der Waals surface area (Å²) < 4.78 is 10.2. The molecular weight excluding hydrogens is 222 g/mol. The van der Waals surface area contributed by atoms with E-state index in [1.807, 2.05) is 0 Å². The Bertz CT molecular complexity index is 466. The summed E-state index contributed by atoms with van der Waals surface area (Å²) in [6.07, 6.45) is 3.30. The number of benzene rings is 1. The molecule has 0 aliphatic carbocycles. The molecule has 0 saturated carbocycles. The van der Waals surface area contributed by atoms with Crippen molar-refractivity contribution in [3.8, 4) is 11.5 Å². The predicted octanol–water partition coefficient (Wildman–Crippen LogP) is 1.01. The number of carbonyl (C=O) groups is 2. The van der Waals surface area contributed by atoms with Crippen LogP contribution in [0.1, 0.15) is 15.9 Å². The molecule has 0 spiro atoms. The summed E-state index contributed by atoms with van der Waals surface area (Å²) in [7, 11) is 2.96. The van der Waals surface area contributed by atoms with Crippen molar-refractivity contribution in [2.45, 2.75) is 0 Å². The van der Waals surface area contributed by atoms with E-state index in [0.29, 0.717) is 28.9 Å². The zero-order chi connectivity index (χ0) is 12.8. The van der Waals surface area contributed by atoms with Gasteiger partial charge < -0.3 is 15.2 Å². The van der Waals surface area contributed by atoms with E-state index in [-0.39, 0.29) is 0 Å². The second-order valence-corrected chi connectivity index (χ2v) is 3.19. The van der Waals surface area contributed by atoms with Gasteiger partial charge in [-0.15, -0.1) is 0 Å². The maximum absolute atomic E-state index is 10.9. The molecule has 5 heteroatoms. The Morgan fingerprint density at radius 1 is 1.18 bits per heavy atom. The SMILES string of the molecule is COc1cc(C=O)c(C=CC(N)=O)cc1OC. The van der Waals surface area contributed by atoms with Crippen molar-refractivity contribution in [1.29, 1.82) is 0 Å². The Kier molecular flexibility index (Phi) is 4.28. The standard InChI is InChI=1S/C12H13NO4/c1-16-10-5-8(3-4-12(13)15)9(7-14)6-11(10)17-2/h3-7H,1-2H3,(H2,13,15). The minimum atomic E-state index is -0.586. The van der Waals surface area contributed by atoms with E-state index in [1.165, 1.54) is 32.4 Å². The fourth-order valence-electron chi connectivity index (χ4n) is 1.33. The summed E-state index contributed by atoms with van der Waals surface area (Å²) in [6, 6.07) is 3.13. The Labute approximate surface area is 98.8 Å². The molecule has 0 aliphatic rings. The third-order valence-electron chi connectivity index (χ3n) is 2.14. The highest BCUT2D eigenvalue weighted by atomic mass is 16.5. The van der Waals surface area contributed by atoms with Gasteiger partial charge in [0.25, 0.3) is 0 Å². The lowest BCUT2D eigenvalue weighted by Crippen LogP contribution is -2.05. The first-order chi connectivity index (χ1) is 8.12. The van der Waals surface area contributed by atoms with Gasteiger partial charge in [-0.1, -0.05) is 0 Å². The molecule has 1 rings (SSSR count). The van der Waals surface area contributed by atoms with Gasteiger partial charge in [0.1, 0.15) is 0 Å². The summed E-state index contributed by atoms with van der Waals surface area (Å²) in [5.41, 5.74) is 5.92. The lowest BCUT2D eigenvalue weighted by molar-refractivity contribution is -0.113. The van der Waals surface area contributed by atoms with Crippen LogP contribution in [0.25, 0.3) is 6.08 Å². The van der Waals surface area contributed by atoms with Gasteiger partial charge in [-0.05, 0) is 23.8 Å². The van der Waals surface area contributed by atoms with Crippen molar-refractivity contribution in [2.75, 3.05) is 14.2 Å². The van der Waals surface area contributed by atoms with E-state index in [2.05, 4.69) is 0 Å². The highest BCUT2D eigenvalue weighted by Crippen LogP contribution is 2.30. The van der Waals surface area contributed by atoms with Gasteiger partial charge in [0.15, 0.2) is 17.8 Å². The fraction of sp³-hybridized carbons (Fsp3) is 0.167. The van der Waals surface area contributed by atoms with Crippen molar-refractivity contribution in [1.82, 2.24) is 0 Å². The minimum absolute atomic E-state index is 0.389. The van der Waals surface area contributed by atoms with E-state index < -0.39 is 5.91 Å². The van der Waals surface area contributed by atoms with Crippen molar-refractivity contribution >= 4 is 18.3 Å². The molecule has 1 amide bonds. The number of carbonyl (C=O) groups excluding carboxylic acids is 2. The van der Waals surface area contributed by atoms with Gasteiger partial charge in [0, 0.05) is 11.6 Å². The van der Waals surface area contributed by atoms with E-state index in [0.717, 1.165) is 0 Å². The molecule has 0 atom stereocenters. The van der Waals surface area contributed by atoms with Crippen LogP contribution >= 0.6 is 0 Å². The molecule has 0 radical (unpaired) electrons. The van der Waals surface area contributed by atoms with Crippen molar-refractivity contribution in [3.05, 3.63) is 29.3 Å². The van der Waals surface area contributed by atoms with Gasteiger partial charge in [-0.3, -0.25) is 9.59 Å². The highest BCUT2D eigenvalue weighted by molar-refractivity contribution is 5.92. The average molecular weight is 235 g/mol. The third-order valence-corrected chi connectivity index (χ3v) is 2.14. The van der Waals surface area contributed by atoms with Gasteiger partial charge in [0.05, 0.1) is 14.2 Å². The highest BCUT2D eigenvalue weighted by Gasteiger charge is 2.08. The monoisotopic (exact) mass is 235 g/mol. The van der Waals surface area contributed by atoms with E-state index in [1.54, 1.807) is 6.07 Å². The Hall–Kier alpha value is -2.30. The van der Waals surface area contributed by atoms with Crippen LogP contribution in [0.2, 0.25) is 0 Å². The lowest BCUT2D eigenvalue weighted by atomic mass is 10.1. The second kappa shape index (κ2) is 5.69. The molecule has 0 aliphatic heterocycles. The van der Waals surface area contributed by atoms with Crippen LogP contribution in [-0.2, 0) is 4.79 Å². The van der Waals surface area contributed by atoms with Crippen molar-refractivity contribution < 1.29 is 19.1 Å². The molecule has 0 fully saturated rings. The zero-order valence-corrected chi connectivity index (χ0v) is 9.60. The molecule has 1 aromatic carbocycles. The maximum Gasteiger partial charge on any atom is 0.241 e. The quantitative estimate of drug-likeness (QED) is 0.610. The zero-order valence-electron chi connectivity index (χ0n) is 9.60. The summed E-state index contributed by atoms with van der Waals surface area (Å²) in [5, 5.41) is 0. The number of hydrogen-bond donors (Lipinski definition) is 1. The predicted molar refractivity (Wildman–Crippen MR) is 63.2 cm³/mol. The van der Waals surface area contributed by atoms with Crippen LogP contribution < -0.4 is 15.2 Å². The topological polar surface area (TPSA) is 78.6 Å². The molecule has 0 heterocycles. The van der Waals surface area contributed by atoms with Crippen LogP contribution in [0.4, 0.5) is 0 Å². The molecule has 1 aromatic rings. The summed E-state index contributed by atoms with van der Waals surface area (Å²) >= 11 is 0. The number of primary amides is 1. The van der Waals surface area contributed by atoms with Crippen LogP contribution in [0.15, 0.2) is 18.2 Å². The Morgan fingerprint density at radius 3 is 2.12 bits per heavy atom. The molecule has 0 bridgehead atoms. The van der Waals surface area contributed by atoms with E-state index in [4.69, 9.17) is 15.2 Å². The Balaban J connectivity index is 3.28. The molecule has 0 unspecified atom stereocenters. The first-order valence-corrected chi connectivity index (χ1v) is 4.81. The largest absolute Gasteiger partial charge is 0.493 e. The second-order valence-electron chi connectivity index (χ2n) is 3.19. The number of hydrogen-bond acceptors (Lipinski definition) is 4. The van der Waals surface area contributed by atoms with Crippen molar-refractivity contribution in [2.24, 2.45) is 5.73 Å². The van der Waals surface area contributed by atoms with E-state index in [9.17, 15) is 9.59 Å². The first-order valence-electron chi connectivity index (χ1n) is 4.81. The normalized spacial score (nSPS) is 10.2. The number of nitrogens with two attached hydrogens (primary N) is 1. The van der Waals surface area contributed by atoms with Gasteiger partial charge in [-0.25, -0.2) is 0 Å². The number of aldehydes is 1. The summed E-state index contributed by atoms with van der Waals surface area (Å²) in [5.74, 6) is 0.338. The summed E-state index contributed by atoms with van der Waals surface area (Å²) in [6.45, 7) is 0. The maximum atomic E-state index is 10.9. The first kappa shape index (κ1) is 12.8. The summed E-state index contributed by atoms with van der Waals surface area (Å²) in [4.78, 5) is 21.5. The molecular formula is C12H13NO4. The van der Waals surface area contributed by atoms with Crippen LogP contribution in [0, 0.1) is 0 Å². The van der Waals surface area contributed by atoms with Gasteiger partial charge in [-0.2, -0.15) is 0 Å². The fourth-order valence-corrected chi connectivity index (χ4v) is 1.33. The molecule has 2 N–H and O–H groups in total. The molecule has 17 heavy (non-hydrogen) atoms. The molecule has 0 aromatic heterocycles. The average Bonchev–Trinajstić information content (AvgIpc) is 2.34. The molecule has 5 nitrogen and oxygen atoms in total. The van der Waals surface area contributed by atoms with Crippen LogP contribution in [0.5, 0.6) is 11.5 Å². The minimum Gasteiger partial charge on any atom is -0.493 e. The number of amides is 1. The Morgan fingerprint density at radius 2 is 1.71 bits per heavy atom. The van der Waals surface area contributed by atoms with Crippen LogP contribution in [-0.4, -0.2) is 26.4 Å². The van der Waals surface area contributed by atoms with Gasteiger partial charge in [0.2, 0.25) is 5.91 Å². The number of methoxy groups -OCH3 is 2. The molecule has 90 valence electrons. The molecule has 0 saturated heterocycles. The van der Waals surface area contributed by atoms with Crippen molar-refractivity contribution in [3.63, 3.8) is 0 Å². The number of rotatable bonds is 5.